The molecule has 1 N–H and O–H groups in total. The molecule has 2 heterocycles. The van der Waals surface area contributed by atoms with Crippen LogP contribution in [0.1, 0.15) is 30.1 Å². The lowest BCUT2D eigenvalue weighted by Crippen LogP contribution is -2.47. The lowest BCUT2D eigenvalue weighted by Gasteiger charge is -2.35. The summed E-state index contributed by atoms with van der Waals surface area (Å²) in [6, 6.07) is 13.0. The first kappa shape index (κ1) is 21.7. The molecule has 164 valence electrons. The van der Waals surface area contributed by atoms with Crippen molar-refractivity contribution < 1.29 is 19.1 Å². The Bertz CT molecular complexity index is 956. The van der Waals surface area contributed by atoms with E-state index in [9.17, 15) is 9.59 Å². The van der Waals surface area contributed by atoms with Crippen LogP contribution in [-0.2, 0) is 4.79 Å². The number of piperidine rings is 1. The van der Waals surface area contributed by atoms with Crippen molar-refractivity contribution in [3.63, 3.8) is 0 Å². The first-order valence-corrected chi connectivity index (χ1v) is 11.9. The van der Waals surface area contributed by atoms with Gasteiger partial charge in [0.05, 0.1) is 11.7 Å². The number of amides is 1. The molecular formula is C24H28N2O4S. The average Bonchev–Trinajstić information content (AvgIpc) is 2.83. The highest BCUT2D eigenvalue weighted by Crippen LogP contribution is 2.33. The van der Waals surface area contributed by atoms with E-state index in [1.54, 1.807) is 17.8 Å². The van der Waals surface area contributed by atoms with E-state index in [-0.39, 0.29) is 23.7 Å². The molecule has 0 spiro atoms. The number of likely N-dealkylation sites (tertiary alicyclic amines) is 1. The van der Waals surface area contributed by atoms with Gasteiger partial charge in [-0.2, -0.15) is 0 Å². The van der Waals surface area contributed by atoms with E-state index in [1.165, 1.54) is 0 Å². The van der Waals surface area contributed by atoms with Crippen molar-refractivity contribution in [3.05, 3.63) is 48.0 Å². The predicted molar refractivity (Wildman–Crippen MR) is 122 cm³/mol. The minimum Gasteiger partial charge on any atom is -0.486 e. The second-order valence-corrected chi connectivity index (χ2v) is 8.75. The van der Waals surface area contributed by atoms with Crippen molar-refractivity contribution in [2.75, 3.05) is 37.9 Å². The molecule has 2 aliphatic heterocycles. The van der Waals surface area contributed by atoms with Crippen LogP contribution >= 0.6 is 11.8 Å². The number of para-hydroxylation sites is 1. The standard InChI is InChI=1S/C24H28N2O4S/c1-16(24(28)25-19-5-3-4-6-22(19)31-2)26-11-9-17(10-12-26)23(27)18-7-8-20-21(15-18)30-14-13-29-20/h3-8,15-17H,9-14H2,1-2H3,(H,25,28). The molecule has 0 aromatic heterocycles. The van der Waals surface area contributed by atoms with Crippen molar-refractivity contribution in [2.45, 2.75) is 30.7 Å². The number of Topliss-reactive ketones (excluding diaryl/α,β-unsaturated/α-hetero) is 1. The molecule has 31 heavy (non-hydrogen) atoms. The maximum Gasteiger partial charge on any atom is 0.241 e. The molecular weight excluding hydrogens is 412 g/mol. The van der Waals surface area contributed by atoms with Crippen molar-refractivity contribution in [3.8, 4) is 11.5 Å². The van der Waals surface area contributed by atoms with Crippen LogP contribution in [0.3, 0.4) is 0 Å². The summed E-state index contributed by atoms with van der Waals surface area (Å²) in [5.41, 5.74) is 1.51. The van der Waals surface area contributed by atoms with E-state index < -0.39 is 0 Å². The topological polar surface area (TPSA) is 67.9 Å². The van der Waals surface area contributed by atoms with Gasteiger partial charge in [0.2, 0.25) is 5.91 Å². The van der Waals surface area contributed by atoms with E-state index in [4.69, 9.17) is 9.47 Å². The fourth-order valence-electron chi connectivity index (χ4n) is 4.13. The number of hydrogen-bond acceptors (Lipinski definition) is 6. The summed E-state index contributed by atoms with van der Waals surface area (Å²) in [4.78, 5) is 29.0. The molecule has 1 atom stereocenters. The maximum absolute atomic E-state index is 13.0. The monoisotopic (exact) mass is 440 g/mol. The minimum atomic E-state index is -0.250. The Morgan fingerprint density at radius 1 is 1.06 bits per heavy atom. The molecule has 2 aromatic carbocycles. The SMILES string of the molecule is CSc1ccccc1NC(=O)C(C)N1CCC(C(=O)c2ccc3c(c2)OCCO3)CC1. The molecule has 4 rings (SSSR count). The highest BCUT2D eigenvalue weighted by molar-refractivity contribution is 7.98. The zero-order chi connectivity index (χ0) is 21.8. The van der Waals surface area contributed by atoms with Gasteiger partial charge in [-0.3, -0.25) is 14.5 Å². The largest absolute Gasteiger partial charge is 0.486 e. The molecule has 0 bridgehead atoms. The van der Waals surface area contributed by atoms with Crippen molar-refractivity contribution in [2.24, 2.45) is 5.92 Å². The number of thioether (sulfide) groups is 1. The van der Waals surface area contributed by atoms with Crippen molar-refractivity contribution in [1.82, 2.24) is 4.90 Å². The first-order valence-electron chi connectivity index (χ1n) is 10.7. The van der Waals surface area contributed by atoms with Crippen LogP contribution in [0.4, 0.5) is 5.69 Å². The van der Waals surface area contributed by atoms with E-state index in [0.29, 0.717) is 30.3 Å². The lowest BCUT2D eigenvalue weighted by atomic mass is 9.88. The molecule has 1 saturated heterocycles. The van der Waals surface area contributed by atoms with E-state index >= 15 is 0 Å². The summed E-state index contributed by atoms with van der Waals surface area (Å²) in [5, 5.41) is 3.05. The third-order valence-electron chi connectivity index (χ3n) is 6.02. The Kier molecular flexibility index (Phi) is 6.83. The fraction of sp³-hybridized carbons (Fsp3) is 0.417. The van der Waals surface area contributed by atoms with Crippen LogP contribution in [0.25, 0.3) is 0 Å². The number of rotatable bonds is 6. The molecule has 2 aliphatic rings. The van der Waals surface area contributed by atoms with Crippen LogP contribution in [0.15, 0.2) is 47.4 Å². The zero-order valence-corrected chi connectivity index (χ0v) is 18.7. The highest BCUT2D eigenvalue weighted by Gasteiger charge is 2.31. The summed E-state index contributed by atoms with van der Waals surface area (Å²) < 4.78 is 11.2. The van der Waals surface area contributed by atoms with Gasteiger partial charge in [-0.15, -0.1) is 11.8 Å². The normalized spacial score (nSPS) is 17.7. The molecule has 2 aromatic rings. The third-order valence-corrected chi connectivity index (χ3v) is 6.81. The molecule has 7 heteroatoms. The van der Waals surface area contributed by atoms with Gasteiger partial charge in [0.25, 0.3) is 0 Å². The summed E-state index contributed by atoms with van der Waals surface area (Å²) in [6.07, 6.45) is 3.48. The number of ether oxygens (including phenoxy) is 2. The smallest absolute Gasteiger partial charge is 0.241 e. The van der Waals surface area contributed by atoms with Gasteiger partial charge in [-0.05, 0) is 69.4 Å². The van der Waals surface area contributed by atoms with Crippen LogP contribution in [-0.4, -0.2) is 55.2 Å². The van der Waals surface area contributed by atoms with Gasteiger partial charge in [-0.25, -0.2) is 0 Å². The number of carbonyl (C=O) groups is 2. The number of fused-ring (bicyclic) bond motifs is 1. The molecule has 1 unspecified atom stereocenters. The Morgan fingerprint density at radius 3 is 2.52 bits per heavy atom. The van der Waals surface area contributed by atoms with E-state index in [1.807, 2.05) is 49.6 Å². The first-order chi connectivity index (χ1) is 15.1. The summed E-state index contributed by atoms with van der Waals surface area (Å²) in [7, 11) is 0. The van der Waals surface area contributed by atoms with Gasteiger partial charge < -0.3 is 14.8 Å². The molecule has 0 radical (unpaired) electrons. The third kappa shape index (κ3) is 4.88. The molecule has 6 nitrogen and oxygen atoms in total. The number of benzene rings is 2. The predicted octanol–water partition coefficient (Wildman–Crippen LogP) is 4.10. The summed E-state index contributed by atoms with van der Waals surface area (Å²) in [5.74, 6) is 1.43. The van der Waals surface area contributed by atoms with E-state index in [2.05, 4.69) is 10.2 Å². The van der Waals surface area contributed by atoms with Crippen molar-refractivity contribution >= 4 is 29.1 Å². The number of hydrogen-bond donors (Lipinski definition) is 1. The molecule has 1 amide bonds. The Balaban J connectivity index is 1.33. The maximum atomic E-state index is 13.0. The minimum absolute atomic E-state index is 0.0156. The number of ketones is 1. The number of anilines is 1. The number of nitrogens with zero attached hydrogens (tertiary/aromatic N) is 1. The average molecular weight is 441 g/mol. The van der Waals surface area contributed by atoms with Gasteiger partial charge in [0.15, 0.2) is 17.3 Å². The quantitative estimate of drug-likeness (QED) is 0.539. The van der Waals surface area contributed by atoms with Crippen LogP contribution < -0.4 is 14.8 Å². The number of nitrogens with one attached hydrogen (secondary N) is 1. The number of carbonyl (C=O) groups excluding carboxylic acids is 2. The second-order valence-electron chi connectivity index (χ2n) is 7.90. The van der Waals surface area contributed by atoms with Crippen LogP contribution in [0.5, 0.6) is 11.5 Å². The van der Waals surface area contributed by atoms with Gasteiger partial charge in [-0.1, -0.05) is 12.1 Å². The van der Waals surface area contributed by atoms with Crippen molar-refractivity contribution in [1.29, 1.82) is 0 Å². The van der Waals surface area contributed by atoms with Gasteiger partial charge in [0.1, 0.15) is 13.2 Å². The lowest BCUT2D eigenvalue weighted by molar-refractivity contribution is -0.121. The zero-order valence-electron chi connectivity index (χ0n) is 17.9. The molecule has 0 saturated carbocycles. The Hall–Kier alpha value is -2.51. The van der Waals surface area contributed by atoms with Gasteiger partial charge >= 0.3 is 0 Å². The van der Waals surface area contributed by atoms with Crippen LogP contribution in [0.2, 0.25) is 0 Å². The fourth-order valence-corrected chi connectivity index (χ4v) is 4.69. The summed E-state index contributed by atoms with van der Waals surface area (Å²) in [6.45, 7) is 4.41. The highest BCUT2D eigenvalue weighted by atomic mass is 32.2. The van der Waals surface area contributed by atoms with Gasteiger partial charge in [0, 0.05) is 16.4 Å². The summed E-state index contributed by atoms with van der Waals surface area (Å²) >= 11 is 1.61. The Labute approximate surface area is 187 Å². The molecule has 1 fully saturated rings. The van der Waals surface area contributed by atoms with Crippen LogP contribution in [0, 0.1) is 5.92 Å². The second kappa shape index (κ2) is 9.75. The van der Waals surface area contributed by atoms with E-state index in [0.717, 1.165) is 36.5 Å². The Morgan fingerprint density at radius 2 is 1.77 bits per heavy atom. The molecule has 0 aliphatic carbocycles.